The molecule has 43 heavy (non-hydrogen) atoms. The summed E-state index contributed by atoms with van der Waals surface area (Å²) in [7, 11) is 0. The third-order valence-corrected chi connectivity index (χ3v) is 10.2. The Bertz CT molecular complexity index is 1630. The number of rotatable bonds is 7. The van der Waals surface area contributed by atoms with Gasteiger partial charge in [0.15, 0.2) is 5.01 Å². The first-order chi connectivity index (χ1) is 20.6. The van der Waals surface area contributed by atoms with Crippen LogP contribution < -0.4 is 10.9 Å². The maximum atomic E-state index is 13.6. The summed E-state index contributed by atoms with van der Waals surface area (Å²) < 4.78 is 0. The first-order valence-corrected chi connectivity index (χ1v) is 16.2. The quantitative estimate of drug-likeness (QED) is 0.258. The van der Waals surface area contributed by atoms with Gasteiger partial charge < -0.3 is 20.3 Å². The van der Waals surface area contributed by atoms with Crippen LogP contribution in [0.15, 0.2) is 53.5 Å². The number of carbonyl (C=O) groups excluding carboxylic acids is 1. The van der Waals surface area contributed by atoms with Crippen LogP contribution in [-0.4, -0.2) is 56.6 Å². The fourth-order valence-electron chi connectivity index (χ4n) is 6.34. The number of hydrogen-bond acceptors (Lipinski definition) is 7. The number of thiazole rings is 1. The van der Waals surface area contributed by atoms with Crippen LogP contribution in [0, 0.1) is 11.3 Å². The molecule has 0 bridgehead atoms. The van der Waals surface area contributed by atoms with E-state index in [0.717, 1.165) is 90.9 Å². The zero-order valence-electron chi connectivity index (χ0n) is 25.2. The van der Waals surface area contributed by atoms with Gasteiger partial charge in [0.05, 0.1) is 12.1 Å². The molecule has 3 aromatic heterocycles. The van der Waals surface area contributed by atoms with Crippen molar-refractivity contribution in [3.8, 4) is 11.1 Å². The predicted octanol–water partition coefficient (Wildman–Crippen LogP) is 5.52. The maximum Gasteiger partial charge on any atom is 0.280 e. The lowest BCUT2D eigenvalue weighted by Gasteiger charge is -2.34. The van der Waals surface area contributed by atoms with E-state index in [4.69, 9.17) is 9.97 Å². The van der Waals surface area contributed by atoms with Gasteiger partial charge in [0.2, 0.25) is 5.56 Å². The van der Waals surface area contributed by atoms with Gasteiger partial charge in [-0.05, 0) is 84.2 Å². The summed E-state index contributed by atoms with van der Waals surface area (Å²) in [6, 6.07) is 13.4. The molecule has 3 N–H and O–H groups in total. The second-order valence-electron chi connectivity index (χ2n) is 13.2. The number of aromatic nitrogens is 3. The molecule has 0 radical (unpaired) electrons. The van der Waals surface area contributed by atoms with E-state index < -0.39 is 0 Å². The molecular weight excluding hydrogens is 558 g/mol. The van der Waals surface area contributed by atoms with Crippen molar-refractivity contribution in [2.45, 2.75) is 71.4 Å². The first kappa shape index (κ1) is 29.7. The number of hydrogen-bond donors (Lipinski definition) is 3. The molecule has 9 heteroatoms. The van der Waals surface area contributed by atoms with Crippen LogP contribution in [0.2, 0.25) is 0 Å². The Labute approximate surface area is 256 Å². The van der Waals surface area contributed by atoms with Crippen molar-refractivity contribution >= 4 is 27.6 Å². The minimum absolute atomic E-state index is 0.132. The normalized spacial score (nSPS) is 18.8. The van der Waals surface area contributed by atoms with E-state index in [2.05, 4.69) is 42.0 Å². The number of carbonyl (C=O) groups is 1. The Hall–Kier alpha value is -3.40. The summed E-state index contributed by atoms with van der Waals surface area (Å²) in [5.41, 5.74) is 6.27. The average Bonchev–Trinajstić information content (AvgIpc) is 3.41. The minimum Gasteiger partial charge on any atom is -0.393 e. The molecule has 1 fully saturated rings. The largest absolute Gasteiger partial charge is 0.393 e. The number of pyridine rings is 2. The van der Waals surface area contributed by atoms with Crippen molar-refractivity contribution in [2.24, 2.45) is 11.3 Å². The highest BCUT2D eigenvalue weighted by Crippen LogP contribution is 2.38. The van der Waals surface area contributed by atoms with E-state index in [9.17, 15) is 14.7 Å². The molecule has 8 nitrogen and oxygen atoms in total. The zero-order valence-corrected chi connectivity index (χ0v) is 26.0. The third kappa shape index (κ3) is 6.89. The second-order valence-corrected chi connectivity index (χ2v) is 14.2. The Morgan fingerprint density at radius 1 is 1.09 bits per heavy atom. The highest BCUT2D eigenvalue weighted by atomic mass is 32.1. The Morgan fingerprint density at radius 3 is 2.53 bits per heavy atom. The van der Waals surface area contributed by atoms with Gasteiger partial charge in [-0.3, -0.25) is 9.59 Å². The van der Waals surface area contributed by atoms with Crippen molar-refractivity contribution in [1.29, 1.82) is 0 Å². The SMILES string of the molecule is CC(C)(C)[C@H]1CCc2nc3sc(C(=O)N[C@H](CCN4CCC(O)CC4)c4ccc(-c5ccc(=O)[nH]c5)cc4)nc3cc2C1. The number of aliphatic hydroxyl groups is 1. The Balaban J connectivity index is 1.21. The summed E-state index contributed by atoms with van der Waals surface area (Å²) in [4.78, 5) is 40.7. The molecule has 2 atom stereocenters. The monoisotopic (exact) mass is 599 g/mol. The molecule has 0 saturated carbocycles. The number of aryl methyl sites for hydroxylation is 1. The number of aliphatic hydroxyl groups excluding tert-OH is 1. The molecule has 0 unspecified atom stereocenters. The van der Waals surface area contributed by atoms with Crippen LogP contribution in [0.5, 0.6) is 0 Å². The van der Waals surface area contributed by atoms with Crippen LogP contribution in [0.1, 0.15) is 79.1 Å². The van der Waals surface area contributed by atoms with Gasteiger partial charge in [-0.15, -0.1) is 0 Å². The fourth-order valence-corrected chi connectivity index (χ4v) is 7.19. The molecule has 1 aliphatic carbocycles. The highest BCUT2D eigenvalue weighted by Gasteiger charge is 2.30. The summed E-state index contributed by atoms with van der Waals surface area (Å²) in [6.45, 7) is 9.46. The Kier molecular flexibility index (Phi) is 8.49. The lowest BCUT2D eigenvalue weighted by molar-refractivity contribution is 0.0795. The molecule has 1 aliphatic heterocycles. The fraction of sp³-hybridized carbons (Fsp3) is 0.471. The molecule has 1 aromatic carbocycles. The molecule has 1 amide bonds. The van der Waals surface area contributed by atoms with Crippen LogP contribution in [-0.2, 0) is 12.8 Å². The Morgan fingerprint density at radius 2 is 1.84 bits per heavy atom. The van der Waals surface area contributed by atoms with Gasteiger partial charge in [0, 0.05) is 37.6 Å². The second kappa shape index (κ2) is 12.3. The average molecular weight is 600 g/mol. The van der Waals surface area contributed by atoms with E-state index in [1.807, 2.05) is 24.3 Å². The number of piperidine rings is 1. The number of benzene rings is 1. The zero-order chi connectivity index (χ0) is 30.1. The number of likely N-dealkylation sites (tertiary alicyclic amines) is 1. The lowest BCUT2D eigenvalue weighted by Crippen LogP contribution is -2.38. The van der Waals surface area contributed by atoms with Crippen LogP contribution in [0.3, 0.4) is 0 Å². The molecule has 226 valence electrons. The van der Waals surface area contributed by atoms with Crippen molar-refractivity contribution in [2.75, 3.05) is 19.6 Å². The standard InChI is InChI=1S/C34H41N5O3S/c1-34(2,3)25-9-10-27-24(18-25)19-29-32(37-27)43-33(38-29)31(42)36-28(14-17-39-15-12-26(40)13-16-39)22-6-4-21(5-7-22)23-8-11-30(41)35-20-23/h4-8,11,19-20,25-26,28,40H,9-10,12-18H2,1-3H3,(H,35,41)(H,36,42)/t25-,28+/m0/s1. The molecule has 2 aliphatic rings. The number of nitrogens with zero attached hydrogens (tertiary/aromatic N) is 3. The van der Waals surface area contributed by atoms with Crippen LogP contribution in [0.25, 0.3) is 21.5 Å². The molecular formula is C34H41N5O3S. The highest BCUT2D eigenvalue weighted by molar-refractivity contribution is 7.19. The third-order valence-electron chi connectivity index (χ3n) is 9.19. The summed E-state index contributed by atoms with van der Waals surface area (Å²) in [6.07, 6.45) is 6.91. The number of nitrogens with one attached hydrogen (secondary N) is 2. The molecule has 4 heterocycles. The van der Waals surface area contributed by atoms with Gasteiger partial charge in [0.25, 0.3) is 5.91 Å². The van der Waals surface area contributed by atoms with E-state index in [1.165, 1.54) is 23.0 Å². The number of H-pyrrole nitrogens is 1. The molecule has 4 aromatic rings. The van der Waals surface area contributed by atoms with E-state index in [-0.39, 0.29) is 29.0 Å². The summed E-state index contributed by atoms with van der Waals surface area (Å²) >= 11 is 1.37. The molecule has 6 rings (SSSR count). The predicted molar refractivity (Wildman–Crippen MR) is 171 cm³/mol. The van der Waals surface area contributed by atoms with Crippen molar-refractivity contribution in [1.82, 2.24) is 25.2 Å². The van der Waals surface area contributed by atoms with Crippen LogP contribution in [0.4, 0.5) is 0 Å². The molecule has 0 spiro atoms. The minimum atomic E-state index is -0.218. The smallest absolute Gasteiger partial charge is 0.280 e. The van der Waals surface area contributed by atoms with Gasteiger partial charge in [-0.2, -0.15) is 0 Å². The summed E-state index contributed by atoms with van der Waals surface area (Å²) in [5.74, 6) is 0.428. The summed E-state index contributed by atoms with van der Waals surface area (Å²) in [5, 5.41) is 13.6. The van der Waals surface area contributed by atoms with Crippen molar-refractivity contribution in [3.63, 3.8) is 0 Å². The van der Waals surface area contributed by atoms with Crippen LogP contribution >= 0.6 is 11.3 Å². The first-order valence-electron chi connectivity index (χ1n) is 15.4. The van der Waals surface area contributed by atoms with Crippen molar-refractivity contribution < 1.29 is 9.90 Å². The van der Waals surface area contributed by atoms with Crippen molar-refractivity contribution in [3.05, 3.63) is 80.8 Å². The molecule has 1 saturated heterocycles. The number of aromatic amines is 1. The van der Waals surface area contributed by atoms with Gasteiger partial charge in [-0.25, -0.2) is 9.97 Å². The number of fused-ring (bicyclic) bond motifs is 2. The van der Waals surface area contributed by atoms with E-state index in [0.29, 0.717) is 10.9 Å². The topological polar surface area (TPSA) is 111 Å². The van der Waals surface area contributed by atoms with Gasteiger partial charge >= 0.3 is 0 Å². The van der Waals surface area contributed by atoms with Gasteiger partial charge in [0.1, 0.15) is 10.3 Å². The number of amides is 1. The van der Waals surface area contributed by atoms with E-state index >= 15 is 0 Å². The van der Waals surface area contributed by atoms with E-state index in [1.54, 1.807) is 12.3 Å². The van der Waals surface area contributed by atoms with Gasteiger partial charge in [-0.1, -0.05) is 56.4 Å². The maximum absolute atomic E-state index is 13.6. The lowest BCUT2D eigenvalue weighted by atomic mass is 9.71.